The van der Waals surface area contributed by atoms with Gasteiger partial charge in [0.15, 0.2) is 11.5 Å². The molecule has 2 amide bonds. The number of halogens is 2. The van der Waals surface area contributed by atoms with Crippen LogP contribution in [0.15, 0.2) is 42.5 Å². The average molecular weight is 423 g/mol. The number of rotatable bonds is 6. The van der Waals surface area contributed by atoms with Gasteiger partial charge in [0.05, 0.1) is 23.3 Å². The van der Waals surface area contributed by atoms with Gasteiger partial charge in [0.2, 0.25) is 0 Å². The first-order chi connectivity index (χ1) is 13.3. The second kappa shape index (κ2) is 10.0. The molecule has 0 unspecified atom stereocenters. The van der Waals surface area contributed by atoms with E-state index in [9.17, 15) is 9.59 Å². The van der Waals surface area contributed by atoms with E-state index in [0.29, 0.717) is 32.7 Å². The summed E-state index contributed by atoms with van der Waals surface area (Å²) in [5, 5.41) is 0.812. The molecule has 0 heterocycles. The summed E-state index contributed by atoms with van der Waals surface area (Å²) in [6.07, 6.45) is 2.78. The van der Waals surface area contributed by atoms with Crippen LogP contribution >= 0.6 is 23.2 Å². The highest BCUT2D eigenvalue weighted by atomic mass is 35.5. The van der Waals surface area contributed by atoms with Gasteiger partial charge in [-0.3, -0.25) is 20.4 Å². The molecule has 0 aliphatic heterocycles. The molecule has 0 saturated heterocycles. The van der Waals surface area contributed by atoms with Crippen molar-refractivity contribution in [3.8, 4) is 11.5 Å². The minimum absolute atomic E-state index is 0.0322. The topological polar surface area (TPSA) is 76.7 Å². The molecule has 8 heteroatoms. The minimum atomic E-state index is -0.508. The molecule has 0 bridgehead atoms. The van der Waals surface area contributed by atoms with Crippen LogP contribution in [0.25, 0.3) is 6.08 Å². The zero-order valence-corrected chi connectivity index (χ0v) is 17.1. The van der Waals surface area contributed by atoms with E-state index in [1.165, 1.54) is 19.3 Å². The summed E-state index contributed by atoms with van der Waals surface area (Å²) in [6, 6.07) is 9.71. The van der Waals surface area contributed by atoms with E-state index >= 15 is 0 Å². The summed E-state index contributed by atoms with van der Waals surface area (Å²) in [4.78, 5) is 24.1. The zero-order chi connectivity index (χ0) is 20.7. The van der Waals surface area contributed by atoms with Crippen LogP contribution in [0.4, 0.5) is 0 Å². The molecule has 148 valence electrons. The number of ether oxygens (including phenoxy) is 2. The lowest BCUT2D eigenvalue weighted by molar-refractivity contribution is -0.117. The molecule has 2 rings (SSSR count). The van der Waals surface area contributed by atoms with Gasteiger partial charge in [-0.2, -0.15) is 0 Å². The molecule has 6 nitrogen and oxygen atoms in total. The largest absolute Gasteiger partial charge is 0.493 e. The van der Waals surface area contributed by atoms with Crippen LogP contribution in [-0.2, 0) is 4.79 Å². The second-order valence-electron chi connectivity index (χ2n) is 5.98. The summed E-state index contributed by atoms with van der Waals surface area (Å²) in [7, 11) is 1.49. The Morgan fingerprint density at radius 2 is 1.75 bits per heavy atom. The molecule has 0 saturated carbocycles. The van der Waals surface area contributed by atoms with Gasteiger partial charge < -0.3 is 9.47 Å². The summed E-state index contributed by atoms with van der Waals surface area (Å²) in [6.45, 7) is 3.78. The minimum Gasteiger partial charge on any atom is -0.493 e. The first-order valence-electron chi connectivity index (χ1n) is 8.38. The van der Waals surface area contributed by atoms with Crippen LogP contribution < -0.4 is 20.3 Å². The molecule has 0 atom stereocenters. The van der Waals surface area contributed by atoms with Crippen LogP contribution in [0, 0.1) is 0 Å². The molecule has 0 radical (unpaired) electrons. The van der Waals surface area contributed by atoms with Gasteiger partial charge in [-0.15, -0.1) is 0 Å². The van der Waals surface area contributed by atoms with Crippen LogP contribution in [0.5, 0.6) is 11.5 Å². The maximum Gasteiger partial charge on any atom is 0.269 e. The van der Waals surface area contributed by atoms with Crippen molar-refractivity contribution >= 4 is 41.1 Å². The Hall–Kier alpha value is -2.70. The molecule has 2 N–H and O–H groups in total. The van der Waals surface area contributed by atoms with Crippen molar-refractivity contribution in [3.63, 3.8) is 0 Å². The SMILES string of the molecule is COc1cc(C(=O)NNC(=O)/C=C/c2ccc(Cl)c(Cl)c2)ccc1OC(C)C. The lowest BCUT2D eigenvalue weighted by Gasteiger charge is -2.14. The molecular formula is C20H20Cl2N2O4. The highest BCUT2D eigenvalue weighted by Crippen LogP contribution is 2.29. The molecule has 2 aromatic carbocycles. The van der Waals surface area contributed by atoms with Crippen molar-refractivity contribution in [2.45, 2.75) is 20.0 Å². The predicted octanol–water partition coefficient (Wildman–Crippen LogP) is 4.26. The van der Waals surface area contributed by atoms with E-state index in [4.69, 9.17) is 32.7 Å². The molecule has 28 heavy (non-hydrogen) atoms. The van der Waals surface area contributed by atoms with E-state index < -0.39 is 11.8 Å². The van der Waals surface area contributed by atoms with Crippen molar-refractivity contribution in [2.24, 2.45) is 0 Å². The second-order valence-corrected chi connectivity index (χ2v) is 6.80. The Kier molecular flexibility index (Phi) is 7.72. The maximum atomic E-state index is 12.2. The number of methoxy groups -OCH3 is 1. The molecule has 0 aromatic heterocycles. The highest BCUT2D eigenvalue weighted by molar-refractivity contribution is 6.42. The fourth-order valence-electron chi connectivity index (χ4n) is 2.18. The predicted molar refractivity (Wildman–Crippen MR) is 110 cm³/mol. The van der Waals surface area contributed by atoms with Crippen LogP contribution in [-0.4, -0.2) is 25.0 Å². The van der Waals surface area contributed by atoms with Crippen molar-refractivity contribution < 1.29 is 19.1 Å². The first-order valence-corrected chi connectivity index (χ1v) is 9.14. The van der Waals surface area contributed by atoms with Crippen molar-refractivity contribution in [1.82, 2.24) is 10.9 Å². The molecule has 0 spiro atoms. The summed E-state index contributed by atoms with van der Waals surface area (Å²) < 4.78 is 10.9. The number of nitrogens with one attached hydrogen (secondary N) is 2. The number of hydrogen-bond donors (Lipinski definition) is 2. The lowest BCUT2D eigenvalue weighted by atomic mass is 10.2. The monoisotopic (exact) mass is 422 g/mol. The van der Waals surface area contributed by atoms with Gasteiger partial charge in [-0.1, -0.05) is 29.3 Å². The number of benzene rings is 2. The van der Waals surface area contributed by atoms with E-state index in [-0.39, 0.29) is 6.10 Å². The lowest BCUT2D eigenvalue weighted by Crippen LogP contribution is -2.40. The van der Waals surface area contributed by atoms with Gasteiger partial charge in [0.1, 0.15) is 0 Å². The zero-order valence-electron chi connectivity index (χ0n) is 15.6. The van der Waals surface area contributed by atoms with Gasteiger partial charge in [-0.25, -0.2) is 0 Å². The first kappa shape index (κ1) is 21.6. The summed E-state index contributed by atoms with van der Waals surface area (Å²) >= 11 is 11.8. The molecular weight excluding hydrogens is 403 g/mol. The van der Waals surface area contributed by atoms with Crippen molar-refractivity contribution in [1.29, 1.82) is 0 Å². The average Bonchev–Trinajstić information content (AvgIpc) is 2.66. The maximum absolute atomic E-state index is 12.2. The van der Waals surface area contributed by atoms with E-state index in [0.717, 1.165) is 0 Å². The van der Waals surface area contributed by atoms with Gasteiger partial charge in [0.25, 0.3) is 11.8 Å². The Labute approximate surface area is 173 Å². The third kappa shape index (κ3) is 6.18. The normalized spacial score (nSPS) is 10.8. The van der Waals surface area contributed by atoms with Crippen molar-refractivity contribution in [2.75, 3.05) is 7.11 Å². The van der Waals surface area contributed by atoms with Crippen LogP contribution in [0.2, 0.25) is 10.0 Å². The van der Waals surface area contributed by atoms with Crippen LogP contribution in [0.1, 0.15) is 29.8 Å². The number of hydrazine groups is 1. The van der Waals surface area contributed by atoms with Gasteiger partial charge in [0, 0.05) is 11.6 Å². The number of hydrogen-bond acceptors (Lipinski definition) is 4. The molecule has 0 fully saturated rings. The third-order valence-corrected chi connectivity index (χ3v) is 4.20. The van der Waals surface area contributed by atoms with E-state index in [1.807, 2.05) is 13.8 Å². The van der Waals surface area contributed by atoms with E-state index in [1.54, 1.807) is 36.4 Å². The Morgan fingerprint density at radius 1 is 1.00 bits per heavy atom. The highest BCUT2D eigenvalue weighted by Gasteiger charge is 2.12. The fourth-order valence-corrected chi connectivity index (χ4v) is 2.49. The summed E-state index contributed by atoms with van der Waals surface area (Å²) in [5.74, 6) is -0.0494. The smallest absolute Gasteiger partial charge is 0.269 e. The Balaban J connectivity index is 1.96. The third-order valence-electron chi connectivity index (χ3n) is 3.46. The number of amides is 2. The number of carbonyl (C=O) groups is 2. The molecule has 0 aliphatic carbocycles. The number of carbonyl (C=O) groups excluding carboxylic acids is 2. The molecule has 0 aliphatic rings. The standard InChI is InChI=1S/C20H20Cl2N2O4/c1-12(2)28-17-8-6-14(11-18(17)27-3)20(26)24-23-19(25)9-5-13-4-7-15(21)16(22)10-13/h4-12H,1-3H3,(H,23,25)(H,24,26)/b9-5+. The fraction of sp³-hybridized carbons (Fsp3) is 0.200. The molecule has 2 aromatic rings. The Morgan fingerprint density at radius 3 is 2.39 bits per heavy atom. The van der Waals surface area contributed by atoms with Crippen LogP contribution in [0.3, 0.4) is 0 Å². The summed E-state index contributed by atoms with van der Waals surface area (Å²) in [5.41, 5.74) is 5.64. The Bertz CT molecular complexity index is 898. The van der Waals surface area contributed by atoms with Gasteiger partial charge in [-0.05, 0) is 55.8 Å². The van der Waals surface area contributed by atoms with Gasteiger partial charge >= 0.3 is 0 Å². The van der Waals surface area contributed by atoms with E-state index in [2.05, 4.69) is 10.9 Å². The quantitative estimate of drug-likeness (QED) is 0.538. The van der Waals surface area contributed by atoms with Crippen molar-refractivity contribution in [3.05, 3.63) is 63.6 Å².